The molecule has 0 aromatic heterocycles. The summed E-state index contributed by atoms with van der Waals surface area (Å²) in [6.45, 7) is 1.07. The molecule has 2 heterocycles. The van der Waals surface area contributed by atoms with Crippen LogP contribution in [0.2, 0.25) is 0 Å². The lowest BCUT2D eigenvalue weighted by molar-refractivity contribution is -0.120. The van der Waals surface area contributed by atoms with E-state index in [9.17, 15) is 14.7 Å². The molecular formula is C21H24ClN3O4. The van der Waals surface area contributed by atoms with Gasteiger partial charge in [0.15, 0.2) is 6.61 Å². The minimum absolute atomic E-state index is 0. The van der Waals surface area contributed by atoms with E-state index in [1.54, 1.807) is 25.2 Å². The zero-order valence-electron chi connectivity index (χ0n) is 16.1. The maximum Gasteiger partial charge on any atom is 0.264 e. The first-order valence-corrected chi connectivity index (χ1v) is 9.31. The van der Waals surface area contributed by atoms with Crippen molar-refractivity contribution in [3.63, 3.8) is 0 Å². The molecule has 0 bridgehead atoms. The van der Waals surface area contributed by atoms with E-state index in [0.29, 0.717) is 36.5 Å². The zero-order valence-corrected chi connectivity index (χ0v) is 16.9. The lowest BCUT2D eigenvalue weighted by Gasteiger charge is -2.43. The molecule has 0 radical (unpaired) electrons. The molecule has 0 aliphatic carbocycles. The lowest BCUT2D eigenvalue weighted by Crippen LogP contribution is -2.61. The molecule has 0 spiro atoms. The molecule has 0 saturated carbocycles. The number of aliphatic hydroxyl groups is 1. The third kappa shape index (κ3) is 3.81. The number of nitrogens with one attached hydrogen (secondary N) is 2. The molecule has 2 atom stereocenters. The number of hydrogen-bond donors (Lipinski definition) is 3. The molecule has 7 nitrogen and oxygen atoms in total. The number of nitrogens with zero attached hydrogens (tertiary/aromatic N) is 1. The number of fused-ring (bicyclic) bond motifs is 1. The Morgan fingerprint density at radius 2 is 2.03 bits per heavy atom. The van der Waals surface area contributed by atoms with Crippen molar-refractivity contribution < 1.29 is 19.4 Å². The number of piperidine rings is 1. The van der Waals surface area contributed by atoms with Crippen molar-refractivity contribution in [1.29, 1.82) is 0 Å². The van der Waals surface area contributed by atoms with E-state index in [-0.39, 0.29) is 30.8 Å². The van der Waals surface area contributed by atoms with Crippen molar-refractivity contribution in [2.75, 3.05) is 31.6 Å². The number of β-amino-alcohol motifs (C(OH)–C–C–N with tert-alkyl or cyclic N) is 1. The molecule has 2 amide bonds. The summed E-state index contributed by atoms with van der Waals surface area (Å²) >= 11 is 0. The number of amides is 2. The van der Waals surface area contributed by atoms with Gasteiger partial charge in [-0.1, -0.05) is 30.3 Å². The van der Waals surface area contributed by atoms with Crippen molar-refractivity contribution in [3.8, 4) is 5.75 Å². The molecule has 2 aliphatic heterocycles. The quantitative estimate of drug-likeness (QED) is 0.703. The predicted molar refractivity (Wildman–Crippen MR) is 112 cm³/mol. The summed E-state index contributed by atoms with van der Waals surface area (Å²) in [5.41, 5.74) is 0.956. The summed E-state index contributed by atoms with van der Waals surface area (Å²) in [5, 5.41) is 17.0. The fourth-order valence-electron chi connectivity index (χ4n) is 3.84. The molecule has 8 heteroatoms. The van der Waals surface area contributed by atoms with Crippen LogP contribution < -0.4 is 20.3 Å². The van der Waals surface area contributed by atoms with Gasteiger partial charge in [-0.15, -0.1) is 12.4 Å². The van der Waals surface area contributed by atoms with E-state index in [1.165, 1.54) is 4.90 Å². The Morgan fingerprint density at radius 3 is 2.76 bits per heavy atom. The maximum atomic E-state index is 13.1. The molecule has 3 N–H and O–H groups in total. The van der Waals surface area contributed by atoms with E-state index < -0.39 is 11.6 Å². The summed E-state index contributed by atoms with van der Waals surface area (Å²) in [4.78, 5) is 26.5. The van der Waals surface area contributed by atoms with Gasteiger partial charge >= 0.3 is 0 Å². The van der Waals surface area contributed by atoms with Crippen molar-refractivity contribution in [3.05, 3.63) is 59.7 Å². The molecule has 2 aromatic rings. The average molecular weight is 418 g/mol. The lowest BCUT2D eigenvalue weighted by atomic mass is 9.79. The number of carbonyl (C=O) groups excluding carboxylic acids is 2. The van der Waals surface area contributed by atoms with Crippen LogP contribution in [0.4, 0.5) is 5.69 Å². The Bertz CT molecular complexity index is 908. The van der Waals surface area contributed by atoms with Crippen LogP contribution in [0.1, 0.15) is 22.3 Å². The standard InChI is InChI=1S/C21H23N3O4.ClH/c1-24-16-11-14(7-8-17(16)28-13-19(24)26)20(27)23-21(9-10-22-12-18(21)25)15-5-3-2-4-6-15;/h2-8,11,18,22,25H,9-10,12-13H2,1H3,(H,23,27);1H/t18-,21-;/m1./s1. The molecule has 154 valence electrons. The van der Waals surface area contributed by atoms with Crippen molar-refractivity contribution in [1.82, 2.24) is 10.6 Å². The highest BCUT2D eigenvalue weighted by Crippen LogP contribution is 2.34. The van der Waals surface area contributed by atoms with E-state index in [0.717, 1.165) is 5.56 Å². The SMILES string of the molecule is CN1C(=O)COc2ccc(C(=O)N[C@@]3(c4ccccc4)CCNC[C@H]3O)cc21.Cl. The van der Waals surface area contributed by atoms with Crippen LogP contribution in [-0.4, -0.2) is 49.8 Å². The minimum Gasteiger partial charge on any atom is -0.482 e. The van der Waals surface area contributed by atoms with E-state index in [1.807, 2.05) is 30.3 Å². The number of rotatable bonds is 3. The molecule has 4 rings (SSSR count). The summed E-state index contributed by atoms with van der Waals surface area (Å²) in [7, 11) is 1.66. The molecule has 2 aliphatic rings. The van der Waals surface area contributed by atoms with Crippen LogP contribution in [0.25, 0.3) is 0 Å². The number of ether oxygens (including phenoxy) is 1. The number of carbonyl (C=O) groups is 2. The fraction of sp³-hybridized carbons (Fsp3) is 0.333. The fourth-order valence-corrected chi connectivity index (χ4v) is 3.84. The minimum atomic E-state index is -0.877. The van der Waals surface area contributed by atoms with E-state index in [4.69, 9.17) is 4.74 Å². The highest BCUT2D eigenvalue weighted by atomic mass is 35.5. The van der Waals surface area contributed by atoms with Gasteiger partial charge in [0.25, 0.3) is 11.8 Å². The summed E-state index contributed by atoms with van der Waals surface area (Å²) in [6.07, 6.45) is -0.200. The van der Waals surface area contributed by atoms with Crippen LogP contribution in [0.15, 0.2) is 48.5 Å². The van der Waals surface area contributed by atoms with Gasteiger partial charge in [0.1, 0.15) is 5.75 Å². The number of halogens is 1. The number of anilines is 1. The molecule has 1 saturated heterocycles. The first kappa shape index (κ1) is 21.1. The van der Waals surface area contributed by atoms with Crippen molar-refractivity contribution in [2.24, 2.45) is 0 Å². The molecule has 0 unspecified atom stereocenters. The number of aliphatic hydroxyl groups excluding tert-OH is 1. The summed E-state index contributed by atoms with van der Waals surface area (Å²) in [6, 6.07) is 14.6. The van der Waals surface area contributed by atoms with E-state index in [2.05, 4.69) is 10.6 Å². The molecule has 29 heavy (non-hydrogen) atoms. The number of likely N-dealkylation sites (N-methyl/N-ethyl adjacent to an activating group) is 1. The van der Waals surface area contributed by atoms with Crippen molar-refractivity contribution in [2.45, 2.75) is 18.1 Å². The monoisotopic (exact) mass is 417 g/mol. The van der Waals surface area contributed by atoms with Crippen LogP contribution in [0.3, 0.4) is 0 Å². The van der Waals surface area contributed by atoms with Gasteiger partial charge in [0.2, 0.25) is 0 Å². The summed E-state index contributed by atoms with van der Waals surface area (Å²) < 4.78 is 5.43. The Labute approximate surface area is 175 Å². The molecule has 1 fully saturated rings. The topological polar surface area (TPSA) is 90.9 Å². The predicted octanol–water partition coefficient (Wildman–Crippen LogP) is 1.44. The van der Waals surface area contributed by atoms with Gasteiger partial charge < -0.3 is 25.4 Å². The third-order valence-electron chi connectivity index (χ3n) is 5.54. The second-order valence-corrected chi connectivity index (χ2v) is 7.19. The highest BCUT2D eigenvalue weighted by Gasteiger charge is 2.43. The zero-order chi connectivity index (χ0) is 19.7. The van der Waals surface area contributed by atoms with Crippen LogP contribution >= 0.6 is 12.4 Å². The van der Waals surface area contributed by atoms with E-state index >= 15 is 0 Å². The maximum absolute atomic E-state index is 13.1. The van der Waals surface area contributed by atoms with Gasteiger partial charge in [-0.3, -0.25) is 9.59 Å². The first-order valence-electron chi connectivity index (χ1n) is 9.31. The number of benzene rings is 2. The first-order chi connectivity index (χ1) is 13.5. The Kier molecular flexibility index (Phi) is 6.12. The highest BCUT2D eigenvalue weighted by molar-refractivity contribution is 6.01. The Hall–Kier alpha value is -2.61. The average Bonchev–Trinajstić information content (AvgIpc) is 2.73. The van der Waals surface area contributed by atoms with Gasteiger partial charge in [0.05, 0.1) is 17.3 Å². The Morgan fingerprint density at radius 1 is 1.28 bits per heavy atom. The molecular weight excluding hydrogens is 394 g/mol. The second kappa shape index (κ2) is 8.41. The third-order valence-corrected chi connectivity index (χ3v) is 5.54. The number of hydrogen-bond acceptors (Lipinski definition) is 5. The van der Waals surface area contributed by atoms with Gasteiger partial charge in [-0.25, -0.2) is 0 Å². The second-order valence-electron chi connectivity index (χ2n) is 7.19. The normalized spacial score (nSPS) is 23.4. The summed E-state index contributed by atoms with van der Waals surface area (Å²) in [5.74, 6) is 0.0944. The van der Waals surface area contributed by atoms with Crippen molar-refractivity contribution >= 4 is 29.9 Å². The smallest absolute Gasteiger partial charge is 0.264 e. The van der Waals surface area contributed by atoms with Gasteiger partial charge in [-0.05, 0) is 36.7 Å². The van der Waals surface area contributed by atoms with Crippen LogP contribution in [0, 0.1) is 0 Å². The van der Waals surface area contributed by atoms with Crippen LogP contribution in [-0.2, 0) is 10.3 Å². The Balaban J connectivity index is 0.00000240. The largest absolute Gasteiger partial charge is 0.482 e. The molecule has 2 aromatic carbocycles. The van der Waals surface area contributed by atoms with Gasteiger partial charge in [-0.2, -0.15) is 0 Å². The van der Waals surface area contributed by atoms with Gasteiger partial charge in [0, 0.05) is 19.2 Å². The van der Waals surface area contributed by atoms with Crippen LogP contribution in [0.5, 0.6) is 5.75 Å².